The van der Waals surface area contributed by atoms with Gasteiger partial charge in [0.2, 0.25) is 0 Å². The van der Waals surface area contributed by atoms with Gasteiger partial charge in [0.1, 0.15) is 0 Å². The molecule has 3 heteroatoms. The molecule has 108 valence electrons. The van der Waals surface area contributed by atoms with Crippen LogP contribution < -0.4 is 9.47 Å². The van der Waals surface area contributed by atoms with Crippen molar-refractivity contribution in [2.45, 2.75) is 44.8 Å². The lowest BCUT2D eigenvalue weighted by Gasteiger charge is -2.48. The van der Waals surface area contributed by atoms with E-state index in [9.17, 15) is 0 Å². The van der Waals surface area contributed by atoms with Gasteiger partial charge in [-0.15, -0.1) is 0 Å². The molecule has 0 aromatic heterocycles. The van der Waals surface area contributed by atoms with E-state index in [1.54, 1.807) is 0 Å². The van der Waals surface area contributed by atoms with Crippen molar-refractivity contribution < 1.29 is 9.47 Å². The summed E-state index contributed by atoms with van der Waals surface area (Å²) in [6.45, 7) is 5.57. The molecule has 0 N–H and O–H groups in total. The number of rotatable bonds is 3. The van der Waals surface area contributed by atoms with Crippen molar-refractivity contribution in [3.63, 3.8) is 0 Å². The molecule has 1 atom stereocenters. The third kappa shape index (κ3) is 1.91. The zero-order chi connectivity index (χ0) is 13.6. The van der Waals surface area contributed by atoms with Crippen LogP contribution in [0.1, 0.15) is 38.2 Å². The summed E-state index contributed by atoms with van der Waals surface area (Å²) in [5, 5.41) is 0. The third-order valence-electron chi connectivity index (χ3n) is 5.05. The van der Waals surface area contributed by atoms with Crippen LogP contribution in [-0.4, -0.2) is 30.3 Å². The quantitative estimate of drug-likeness (QED) is 0.844. The van der Waals surface area contributed by atoms with Gasteiger partial charge in [-0.2, -0.15) is 0 Å². The minimum Gasteiger partial charge on any atom is -0.447 e. The molecule has 4 heterocycles. The summed E-state index contributed by atoms with van der Waals surface area (Å²) in [7, 11) is 0. The normalized spacial score (nSPS) is 33.9. The van der Waals surface area contributed by atoms with E-state index in [1.165, 1.54) is 44.3 Å². The second-order valence-electron chi connectivity index (χ2n) is 6.45. The van der Waals surface area contributed by atoms with Gasteiger partial charge in [0, 0.05) is 5.92 Å². The van der Waals surface area contributed by atoms with E-state index < -0.39 is 0 Å². The van der Waals surface area contributed by atoms with Crippen molar-refractivity contribution in [2.75, 3.05) is 19.6 Å². The molecule has 0 amide bonds. The number of hydrogen-bond donors (Lipinski definition) is 0. The molecule has 5 rings (SSSR count). The predicted octanol–water partition coefficient (Wildman–Crippen LogP) is 3.22. The Hall–Kier alpha value is -1.22. The molecule has 3 fully saturated rings. The lowest BCUT2D eigenvalue weighted by Crippen LogP contribution is -2.63. The van der Waals surface area contributed by atoms with Gasteiger partial charge in [-0.3, -0.25) is 4.90 Å². The number of nitrogens with zero attached hydrogens (tertiary/aromatic N) is 1. The number of aryl methyl sites for hydroxylation is 1. The lowest BCUT2D eigenvalue weighted by molar-refractivity contribution is -0.189. The number of fused-ring (bicyclic) bond motifs is 3. The van der Waals surface area contributed by atoms with Crippen LogP contribution in [-0.2, 0) is 6.42 Å². The Kier molecular flexibility index (Phi) is 2.92. The molecule has 1 aromatic rings. The summed E-state index contributed by atoms with van der Waals surface area (Å²) in [4.78, 5) is 2.48. The minimum absolute atomic E-state index is 0.387. The highest BCUT2D eigenvalue weighted by Gasteiger charge is 2.54. The number of ether oxygens (including phenoxy) is 2. The molecule has 0 radical (unpaired) electrons. The molecule has 2 bridgehead atoms. The first-order valence-corrected chi connectivity index (χ1v) is 8.02. The second kappa shape index (κ2) is 4.66. The molecule has 3 nitrogen and oxygen atoms in total. The molecule has 20 heavy (non-hydrogen) atoms. The van der Waals surface area contributed by atoms with Crippen molar-refractivity contribution >= 4 is 0 Å². The van der Waals surface area contributed by atoms with Crippen LogP contribution in [0.2, 0.25) is 0 Å². The Morgan fingerprint density at radius 3 is 2.70 bits per heavy atom. The lowest BCUT2D eigenvalue weighted by atomic mass is 9.83. The van der Waals surface area contributed by atoms with Crippen molar-refractivity contribution in [3.8, 4) is 11.5 Å². The van der Waals surface area contributed by atoms with Crippen LogP contribution in [0.3, 0.4) is 0 Å². The Morgan fingerprint density at radius 1 is 1.20 bits per heavy atom. The predicted molar refractivity (Wildman–Crippen MR) is 78.2 cm³/mol. The van der Waals surface area contributed by atoms with Crippen molar-refractivity contribution in [1.82, 2.24) is 4.90 Å². The highest BCUT2D eigenvalue weighted by atomic mass is 16.7. The zero-order valence-corrected chi connectivity index (χ0v) is 12.2. The van der Waals surface area contributed by atoms with Crippen LogP contribution in [0, 0.1) is 5.92 Å². The van der Waals surface area contributed by atoms with Gasteiger partial charge in [0.05, 0.1) is 6.54 Å². The minimum atomic E-state index is -0.387. The molecule has 1 aromatic carbocycles. The van der Waals surface area contributed by atoms with Crippen LogP contribution >= 0.6 is 0 Å². The number of hydrogen-bond acceptors (Lipinski definition) is 3. The van der Waals surface area contributed by atoms with E-state index in [0.29, 0.717) is 5.92 Å². The smallest absolute Gasteiger partial charge is 0.267 e. The van der Waals surface area contributed by atoms with E-state index >= 15 is 0 Å². The van der Waals surface area contributed by atoms with Crippen LogP contribution in [0.15, 0.2) is 18.2 Å². The van der Waals surface area contributed by atoms with Gasteiger partial charge in [-0.05, 0) is 56.5 Å². The monoisotopic (exact) mass is 273 g/mol. The zero-order valence-electron chi connectivity index (χ0n) is 12.2. The van der Waals surface area contributed by atoms with E-state index in [-0.39, 0.29) is 5.79 Å². The summed E-state index contributed by atoms with van der Waals surface area (Å²) in [5.74, 6) is 2.08. The second-order valence-corrected chi connectivity index (χ2v) is 6.45. The molecule has 3 saturated heterocycles. The first-order chi connectivity index (χ1) is 9.79. The summed E-state index contributed by atoms with van der Waals surface area (Å²) >= 11 is 0. The maximum Gasteiger partial charge on any atom is 0.267 e. The first-order valence-electron chi connectivity index (χ1n) is 8.02. The fourth-order valence-corrected chi connectivity index (χ4v) is 3.85. The number of unbranched alkanes of at least 4 members (excludes halogenated alkanes) is 1. The van der Waals surface area contributed by atoms with Crippen LogP contribution in [0.25, 0.3) is 0 Å². The summed E-state index contributed by atoms with van der Waals surface area (Å²) in [6.07, 6.45) is 6.01. The Morgan fingerprint density at radius 2 is 2.00 bits per heavy atom. The summed E-state index contributed by atoms with van der Waals surface area (Å²) in [5.41, 5.74) is 1.37. The van der Waals surface area contributed by atoms with Crippen LogP contribution in [0.5, 0.6) is 11.5 Å². The van der Waals surface area contributed by atoms with Gasteiger partial charge in [0.25, 0.3) is 5.79 Å². The average molecular weight is 273 g/mol. The van der Waals surface area contributed by atoms with E-state index in [1.807, 2.05) is 0 Å². The Balaban J connectivity index is 1.57. The van der Waals surface area contributed by atoms with Gasteiger partial charge in [-0.25, -0.2) is 0 Å². The molecule has 0 saturated carbocycles. The van der Waals surface area contributed by atoms with Crippen molar-refractivity contribution in [2.24, 2.45) is 5.92 Å². The van der Waals surface area contributed by atoms with E-state index in [2.05, 4.69) is 30.0 Å². The molecule has 1 spiro atoms. The van der Waals surface area contributed by atoms with E-state index in [4.69, 9.17) is 9.47 Å². The SMILES string of the molecule is CCCCc1ccc2c(c1)OC1(CN3CCC1CC3)O2. The van der Waals surface area contributed by atoms with Crippen molar-refractivity contribution in [1.29, 1.82) is 0 Å². The summed E-state index contributed by atoms with van der Waals surface area (Å²) in [6, 6.07) is 6.49. The largest absolute Gasteiger partial charge is 0.447 e. The van der Waals surface area contributed by atoms with Gasteiger partial charge in [-0.1, -0.05) is 19.4 Å². The molecule has 4 aliphatic heterocycles. The van der Waals surface area contributed by atoms with Crippen LogP contribution in [0.4, 0.5) is 0 Å². The maximum absolute atomic E-state index is 6.33. The molecule has 0 aliphatic carbocycles. The first kappa shape index (κ1) is 12.5. The van der Waals surface area contributed by atoms with Gasteiger partial charge >= 0.3 is 0 Å². The summed E-state index contributed by atoms with van der Waals surface area (Å²) < 4.78 is 12.6. The molecular formula is C17H23NO2. The fourth-order valence-electron chi connectivity index (χ4n) is 3.85. The van der Waals surface area contributed by atoms with Gasteiger partial charge < -0.3 is 9.47 Å². The molecule has 4 aliphatic rings. The highest BCUT2D eigenvalue weighted by Crippen LogP contribution is 2.48. The number of benzene rings is 1. The molecule has 1 unspecified atom stereocenters. The third-order valence-corrected chi connectivity index (χ3v) is 5.05. The molecular weight excluding hydrogens is 250 g/mol. The number of piperidine rings is 3. The Labute approximate surface area is 120 Å². The average Bonchev–Trinajstić information content (AvgIpc) is 2.83. The standard InChI is InChI=1S/C17H23NO2/c1-2-3-4-13-5-6-15-16(11-13)20-17(19-15)12-18-9-7-14(17)8-10-18/h5-6,11,14H,2-4,7-10,12H2,1H3. The fraction of sp³-hybridized carbons (Fsp3) is 0.647. The van der Waals surface area contributed by atoms with E-state index in [0.717, 1.165) is 24.5 Å². The topological polar surface area (TPSA) is 21.7 Å². The highest BCUT2D eigenvalue weighted by molar-refractivity contribution is 5.46. The van der Waals surface area contributed by atoms with Gasteiger partial charge in [0.15, 0.2) is 11.5 Å². The van der Waals surface area contributed by atoms with Crippen molar-refractivity contribution in [3.05, 3.63) is 23.8 Å². The maximum atomic E-state index is 6.33. The Bertz CT molecular complexity index is 508.